The number of aromatic nitrogens is 4. The number of thiophene rings is 1. The van der Waals surface area contributed by atoms with Gasteiger partial charge in [-0.1, -0.05) is 23.4 Å². The van der Waals surface area contributed by atoms with Crippen LogP contribution in [-0.2, 0) is 6.54 Å². The van der Waals surface area contributed by atoms with Gasteiger partial charge in [0.05, 0.1) is 39.4 Å². The molecule has 10 nitrogen and oxygen atoms in total. The van der Waals surface area contributed by atoms with Crippen LogP contribution in [0.3, 0.4) is 0 Å². The van der Waals surface area contributed by atoms with Gasteiger partial charge in [0.25, 0.3) is 5.56 Å². The molecule has 4 aromatic heterocycles. The predicted octanol–water partition coefficient (Wildman–Crippen LogP) is 5.52. The zero-order chi connectivity index (χ0) is 33.4. The third kappa shape index (κ3) is 5.92. The highest BCUT2D eigenvalue weighted by atomic mass is 35.5. The fourth-order valence-electron chi connectivity index (χ4n) is 5.95. The number of carboxylic acids is 1. The average molecular weight is 670 g/mol. The molecule has 47 heavy (non-hydrogen) atoms. The van der Waals surface area contributed by atoms with Gasteiger partial charge in [-0.25, -0.2) is 19.2 Å². The van der Waals surface area contributed by atoms with Gasteiger partial charge in [0.1, 0.15) is 29.9 Å². The number of rotatable bonds is 8. The van der Waals surface area contributed by atoms with E-state index in [1.165, 1.54) is 22.1 Å². The van der Waals surface area contributed by atoms with Crippen LogP contribution < -0.4 is 10.5 Å². The van der Waals surface area contributed by atoms with Crippen LogP contribution in [0.15, 0.2) is 46.8 Å². The molecule has 1 aromatic carbocycles. The molecule has 0 radical (unpaired) electrons. The van der Waals surface area contributed by atoms with E-state index in [0.717, 1.165) is 18.4 Å². The van der Waals surface area contributed by atoms with E-state index in [2.05, 4.69) is 32.9 Å². The largest absolute Gasteiger partial charge is 0.478 e. The second-order valence-corrected chi connectivity index (χ2v) is 12.7. The lowest BCUT2D eigenvalue weighted by Crippen LogP contribution is -2.52. The quantitative estimate of drug-likeness (QED) is 0.212. The first-order valence-corrected chi connectivity index (χ1v) is 16.1. The molecule has 0 amide bonds. The highest BCUT2D eigenvalue weighted by molar-refractivity contribution is 7.18. The van der Waals surface area contributed by atoms with Crippen molar-refractivity contribution < 1.29 is 14.3 Å². The van der Waals surface area contributed by atoms with Crippen molar-refractivity contribution in [3.05, 3.63) is 79.9 Å². The summed E-state index contributed by atoms with van der Waals surface area (Å²) in [6, 6.07) is 9.60. The molecule has 1 aliphatic rings. The fourth-order valence-corrected chi connectivity index (χ4v) is 7.15. The molecule has 0 bridgehead atoms. The molecule has 0 saturated heterocycles. The average Bonchev–Trinajstić information content (AvgIpc) is 3.47. The van der Waals surface area contributed by atoms with Gasteiger partial charge in [-0.05, 0) is 51.1 Å². The van der Waals surface area contributed by atoms with E-state index in [0.29, 0.717) is 50.1 Å². The molecular weight excluding hydrogens is 641 g/mol. The Labute approximate surface area is 278 Å². The van der Waals surface area contributed by atoms with Crippen LogP contribution in [0.5, 0.6) is 0 Å². The zero-order valence-corrected chi connectivity index (χ0v) is 27.4. The molecule has 0 atom stereocenters. The number of nitriles is 1. The second-order valence-electron chi connectivity index (χ2n) is 11.4. The van der Waals surface area contributed by atoms with E-state index in [-0.39, 0.29) is 35.1 Å². The summed E-state index contributed by atoms with van der Waals surface area (Å²) in [4.78, 5) is 42.9. The number of anilines is 1. The summed E-state index contributed by atoms with van der Waals surface area (Å²) < 4.78 is 14.9. The molecule has 13 heteroatoms. The first-order chi connectivity index (χ1) is 22.6. The Kier molecular flexibility index (Phi) is 8.93. The van der Waals surface area contributed by atoms with Crippen molar-refractivity contribution in [1.82, 2.24) is 24.4 Å². The first-order valence-electron chi connectivity index (χ1n) is 14.8. The lowest BCUT2D eigenvalue weighted by atomic mass is 9.84. The SMILES string of the molecule is Cc1nc2cnc(N(C)C3CC(N(C)CCF)C3)c(C#N)c2c(=O)n1CC#Cc1ccc(Cl)cc1-c1ccnc2c(C(=O)O)csc12. The van der Waals surface area contributed by atoms with E-state index < -0.39 is 18.2 Å². The monoisotopic (exact) mass is 669 g/mol. The maximum Gasteiger partial charge on any atom is 0.338 e. The van der Waals surface area contributed by atoms with Crippen molar-refractivity contribution in [3.8, 4) is 29.0 Å². The minimum absolute atomic E-state index is 0.00711. The number of nitrogens with zero attached hydrogens (tertiary/aromatic N) is 7. The maximum absolute atomic E-state index is 13.9. The van der Waals surface area contributed by atoms with Gasteiger partial charge in [-0.3, -0.25) is 14.3 Å². The molecular formula is C34H29ClFN7O3S. The number of alkyl halides is 1. The molecule has 4 heterocycles. The number of fused-ring (bicyclic) bond motifs is 2. The Morgan fingerprint density at radius 2 is 2.00 bits per heavy atom. The lowest BCUT2D eigenvalue weighted by molar-refractivity contribution is 0.0699. The molecule has 5 aromatic rings. The smallest absolute Gasteiger partial charge is 0.338 e. The van der Waals surface area contributed by atoms with E-state index in [4.69, 9.17) is 11.6 Å². The standard InChI is InChI=1S/C34H29ClFN7O3S/c1-19-40-28-17-39-32(42(3)23-14-22(15-23)41(2)12-9-36)26(16-37)29(28)33(44)43(19)11-4-5-20-6-7-21(35)13-25(20)24-8-10-38-30-27(34(45)46)18-47-31(24)30/h6-8,10,13,17-18,22-23H,9,11-12,14-15H2,1-3H3,(H,45,46). The van der Waals surface area contributed by atoms with E-state index in [1.807, 2.05) is 23.9 Å². The van der Waals surface area contributed by atoms with Gasteiger partial charge in [0, 0.05) is 59.0 Å². The number of aryl methyl sites for hydroxylation is 1. The summed E-state index contributed by atoms with van der Waals surface area (Å²) in [5, 5.41) is 22.0. The molecule has 6 rings (SSSR count). The van der Waals surface area contributed by atoms with Crippen LogP contribution >= 0.6 is 22.9 Å². The lowest BCUT2D eigenvalue weighted by Gasteiger charge is -2.45. The zero-order valence-electron chi connectivity index (χ0n) is 25.8. The van der Waals surface area contributed by atoms with Crippen molar-refractivity contribution in [2.24, 2.45) is 0 Å². The Morgan fingerprint density at radius 1 is 1.21 bits per heavy atom. The van der Waals surface area contributed by atoms with Gasteiger partial charge in [0.15, 0.2) is 0 Å². The van der Waals surface area contributed by atoms with Crippen LogP contribution in [0.4, 0.5) is 10.2 Å². The first kappa shape index (κ1) is 32.1. The number of aromatic carboxylic acids is 1. The highest BCUT2D eigenvalue weighted by Crippen LogP contribution is 2.37. The minimum Gasteiger partial charge on any atom is -0.478 e. The van der Waals surface area contributed by atoms with E-state index >= 15 is 0 Å². The molecule has 1 aliphatic carbocycles. The Bertz CT molecular complexity index is 2210. The van der Waals surface area contributed by atoms with Gasteiger partial charge in [-0.15, -0.1) is 11.3 Å². The normalized spacial score (nSPS) is 15.7. The summed E-state index contributed by atoms with van der Waals surface area (Å²) >= 11 is 7.65. The van der Waals surface area contributed by atoms with E-state index in [9.17, 15) is 24.3 Å². The fraction of sp³-hybridized carbons (Fsp3) is 0.294. The van der Waals surface area contributed by atoms with Crippen molar-refractivity contribution in [1.29, 1.82) is 5.26 Å². The number of hydrogen-bond donors (Lipinski definition) is 1. The van der Waals surface area contributed by atoms with Crippen molar-refractivity contribution in [2.75, 3.05) is 32.2 Å². The number of pyridine rings is 2. The molecule has 0 spiro atoms. The molecule has 1 saturated carbocycles. The van der Waals surface area contributed by atoms with Crippen molar-refractivity contribution in [2.45, 2.75) is 38.4 Å². The third-order valence-electron chi connectivity index (χ3n) is 8.73. The maximum atomic E-state index is 13.9. The van der Waals surface area contributed by atoms with Crippen LogP contribution in [0.25, 0.3) is 32.2 Å². The summed E-state index contributed by atoms with van der Waals surface area (Å²) in [5.74, 6) is 6.02. The number of halogens is 2. The molecule has 1 N–H and O–H groups in total. The third-order valence-corrected chi connectivity index (χ3v) is 9.97. The summed E-state index contributed by atoms with van der Waals surface area (Å²) in [6.07, 6.45) is 4.68. The number of hydrogen-bond acceptors (Lipinski definition) is 9. The predicted molar refractivity (Wildman–Crippen MR) is 181 cm³/mol. The number of carboxylic acid groups (broad SMARTS) is 1. The molecule has 0 unspecified atom stereocenters. The Morgan fingerprint density at radius 3 is 2.72 bits per heavy atom. The van der Waals surface area contributed by atoms with Gasteiger partial charge in [-0.2, -0.15) is 5.26 Å². The number of carbonyl (C=O) groups is 1. The second kappa shape index (κ2) is 13.1. The molecule has 238 valence electrons. The van der Waals surface area contributed by atoms with Crippen molar-refractivity contribution in [3.63, 3.8) is 0 Å². The van der Waals surface area contributed by atoms with Gasteiger partial charge in [0.2, 0.25) is 0 Å². The van der Waals surface area contributed by atoms with Crippen LogP contribution in [0, 0.1) is 30.1 Å². The highest BCUT2D eigenvalue weighted by Gasteiger charge is 2.36. The molecule has 0 aliphatic heterocycles. The topological polar surface area (TPSA) is 128 Å². The Balaban J connectivity index is 1.34. The van der Waals surface area contributed by atoms with Crippen molar-refractivity contribution >= 4 is 55.8 Å². The minimum atomic E-state index is -1.06. The summed E-state index contributed by atoms with van der Waals surface area (Å²) in [6.45, 7) is 1.69. The molecule has 1 fully saturated rings. The van der Waals surface area contributed by atoms with Crippen LogP contribution in [-0.4, -0.2) is 74.9 Å². The summed E-state index contributed by atoms with van der Waals surface area (Å²) in [5.41, 5.74) is 2.69. The van der Waals surface area contributed by atoms with Crippen LogP contribution in [0.2, 0.25) is 5.02 Å². The Hall–Kier alpha value is -4.88. The van der Waals surface area contributed by atoms with Gasteiger partial charge < -0.3 is 14.9 Å². The summed E-state index contributed by atoms with van der Waals surface area (Å²) in [7, 11) is 3.76. The van der Waals surface area contributed by atoms with Crippen LogP contribution in [0.1, 0.15) is 40.2 Å². The van der Waals surface area contributed by atoms with E-state index in [1.54, 1.807) is 42.8 Å². The van der Waals surface area contributed by atoms with Gasteiger partial charge >= 0.3 is 5.97 Å². The number of benzene rings is 1.